The molecule has 1 aliphatic heterocycles. The topological polar surface area (TPSA) is 72.6 Å². The second-order valence-corrected chi connectivity index (χ2v) is 5.96. The molecule has 2 N–H and O–H groups in total. The van der Waals surface area contributed by atoms with Crippen LogP contribution in [0.25, 0.3) is 0 Å². The van der Waals surface area contributed by atoms with E-state index in [4.69, 9.17) is 22.1 Å². The van der Waals surface area contributed by atoms with E-state index in [-0.39, 0.29) is 12.1 Å². The van der Waals surface area contributed by atoms with E-state index in [1.54, 1.807) is 24.3 Å². The number of cyclic esters (lactones) is 1. The zero-order valence-corrected chi connectivity index (χ0v) is 13.5. The molecule has 5 nitrogen and oxygen atoms in total. The molecule has 130 valence electrons. The molecule has 0 saturated carbocycles. The summed E-state index contributed by atoms with van der Waals surface area (Å²) in [5.74, 6) is -2.95. The zero-order valence-electron chi connectivity index (χ0n) is 12.8. The normalized spacial score (nSPS) is 18.1. The molecule has 2 aromatic carbocycles. The first kappa shape index (κ1) is 17.2. The molecular formula is C17H13ClF2N2O3. The van der Waals surface area contributed by atoms with Crippen LogP contribution in [0.2, 0.25) is 5.02 Å². The van der Waals surface area contributed by atoms with Gasteiger partial charge in [0.2, 0.25) is 0 Å². The molecule has 0 aromatic heterocycles. The van der Waals surface area contributed by atoms with Crippen LogP contribution in [0.3, 0.4) is 0 Å². The molecule has 0 radical (unpaired) electrons. The Morgan fingerprint density at radius 3 is 2.52 bits per heavy atom. The van der Waals surface area contributed by atoms with Crippen LogP contribution in [0.15, 0.2) is 42.5 Å². The Bertz CT molecular complexity index is 829. The molecular weight excluding hydrogens is 354 g/mol. The number of hydrogen-bond acceptors (Lipinski definition) is 3. The first-order chi connectivity index (χ1) is 11.9. The summed E-state index contributed by atoms with van der Waals surface area (Å²) in [6.07, 6.45) is -1.99. The maximum absolute atomic E-state index is 14.4. The molecule has 3 rings (SSSR count). The summed E-state index contributed by atoms with van der Waals surface area (Å²) in [5.41, 5.74) is 5.60. The number of nitrogens with zero attached hydrogens (tertiary/aromatic N) is 1. The third-order valence-electron chi connectivity index (χ3n) is 3.93. The Kier molecular flexibility index (Phi) is 4.59. The van der Waals surface area contributed by atoms with E-state index in [2.05, 4.69) is 0 Å². The van der Waals surface area contributed by atoms with Crippen molar-refractivity contribution in [1.29, 1.82) is 0 Å². The number of hydrogen-bond donors (Lipinski definition) is 1. The Morgan fingerprint density at radius 2 is 1.92 bits per heavy atom. The number of primary amides is 1. The maximum Gasteiger partial charge on any atom is 0.411 e. The van der Waals surface area contributed by atoms with Gasteiger partial charge < -0.3 is 10.5 Å². The molecule has 0 spiro atoms. The fourth-order valence-corrected chi connectivity index (χ4v) is 2.87. The van der Waals surface area contributed by atoms with E-state index in [0.717, 1.165) is 11.0 Å². The number of nitrogens with two attached hydrogens (primary N) is 1. The van der Waals surface area contributed by atoms with Gasteiger partial charge in [0.15, 0.2) is 17.7 Å². The van der Waals surface area contributed by atoms with Crippen LogP contribution in [0.5, 0.6) is 0 Å². The van der Waals surface area contributed by atoms with Gasteiger partial charge in [-0.05, 0) is 23.8 Å². The monoisotopic (exact) mass is 366 g/mol. The molecule has 0 aliphatic carbocycles. The summed E-state index contributed by atoms with van der Waals surface area (Å²) in [6, 6.07) is 8.98. The number of benzene rings is 2. The Hall–Kier alpha value is -2.67. The van der Waals surface area contributed by atoms with Crippen molar-refractivity contribution in [3.63, 3.8) is 0 Å². The minimum Gasteiger partial charge on any atom is -0.434 e. The summed E-state index contributed by atoms with van der Waals surface area (Å²) >= 11 is 5.87. The molecule has 25 heavy (non-hydrogen) atoms. The first-order valence-corrected chi connectivity index (χ1v) is 7.72. The highest BCUT2D eigenvalue weighted by Gasteiger charge is 2.41. The van der Waals surface area contributed by atoms with Gasteiger partial charge in [-0.15, -0.1) is 0 Å². The van der Waals surface area contributed by atoms with Gasteiger partial charge in [-0.1, -0.05) is 35.9 Å². The van der Waals surface area contributed by atoms with Gasteiger partial charge in [0.25, 0.3) is 5.91 Å². The van der Waals surface area contributed by atoms with Crippen molar-refractivity contribution in [2.75, 3.05) is 6.54 Å². The van der Waals surface area contributed by atoms with Crippen LogP contribution < -0.4 is 5.73 Å². The highest BCUT2D eigenvalue weighted by Crippen LogP contribution is 2.34. The molecule has 2 atom stereocenters. The molecule has 1 unspecified atom stereocenters. The molecule has 1 aliphatic rings. The Morgan fingerprint density at radius 1 is 1.24 bits per heavy atom. The Balaban J connectivity index is 2.09. The van der Waals surface area contributed by atoms with Crippen LogP contribution in [0.1, 0.15) is 17.2 Å². The van der Waals surface area contributed by atoms with E-state index in [1.165, 1.54) is 12.1 Å². The van der Waals surface area contributed by atoms with Crippen LogP contribution in [0.4, 0.5) is 13.6 Å². The van der Waals surface area contributed by atoms with Crippen molar-refractivity contribution >= 4 is 23.6 Å². The van der Waals surface area contributed by atoms with E-state index >= 15 is 0 Å². The summed E-state index contributed by atoms with van der Waals surface area (Å²) in [6.45, 7) is -0.169. The first-order valence-electron chi connectivity index (χ1n) is 7.34. The van der Waals surface area contributed by atoms with Gasteiger partial charge >= 0.3 is 6.09 Å². The fourth-order valence-electron chi connectivity index (χ4n) is 2.74. The van der Waals surface area contributed by atoms with Crippen LogP contribution in [-0.4, -0.2) is 29.5 Å². The van der Waals surface area contributed by atoms with Crippen molar-refractivity contribution in [2.45, 2.75) is 12.1 Å². The summed E-state index contributed by atoms with van der Waals surface area (Å²) in [7, 11) is 0. The number of carbonyl (C=O) groups is 2. The average Bonchev–Trinajstić information content (AvgIpc) is 2.95. The van der Waals surface area contributed by atoms with Crippen molar-refractivity contribution in [3.8, 4) is 0 Å². The number of carbonyl (C=O) groups excluding carboxylic acids is 2. The van der Waals surface area contributed by atoms with Gasteiger partial charge in [-0.25, -0.2) is 13.6 Å². The third-order valence-corrected chi connectivity index (χ3v) is 4.18. The van der Waals surface area contributed by atoms with E-state index in [1.807, 2.05) is 0 Å². The van der Waals surface area contributed by atoms with Crippen LogP contribution in [0, 0.1) is 11.6 Å². The Labute approximate surface area is 146 Å². The SMILES string of the molecule is NC(=O)C1CN([C@@H](c2ccc(Cl)cc2)c2cccc(F)c2F)C(=O)O1. The molecule has 8 heteroatoms. The highest BCUT2D eigenvalue weighted by molar-refractivity contribution is 6.30. The second-order valence-electron chi connectivity index (χ2n) is 5.52. The van der Waals surface area contributed by atoms with Gasteiger partial charge in [-0.2, -0.15) is 0 Å². The average molecular weight is 367 g/mol. The maximum atomic E-state index is 14.4. The minimum atomic E-state index is -1.15. The third kappa shape index (κ3) is 3.28. The predicted octanol–water partition coefficient (Wildman–Crippen LogP) is 3.01. The van der Waals surface area contributed by atoms with E-state index in [9.17, 15) is 18.4 Å². The van der Waals surface area contributed by atoms with Crippen molar-refractivity contribution in [2.24, 2.45) is 5.73 Å². The van der Waals surface area contributed by atoms with Gasteiger partial charge in [0.05, 0.1) is 12.6 Å². The number of amides is 2. The van der Waals surface area contributed by atoms with E-state index in [0.29, 0.717) is 10.6 Å². The quantitative estimate of drug-likeness (QED) is 0.904. The van der Waals surface area contributed by atoms with Gasteiger partial charge in [0.1, 0.15) is 0 Å². The largest absolute Gasteiger partial charge is 0.434 e. The summed E-state index contributed by atoms with van der Waals surface area (Å²) < 4.78 is 33.0. The number of ether oxygens (including phenoxy) is 1. The lowest BCUT2D eigenvalue weighted by molar-refractivity contribution is -0.124. The minimum absolute atomic E-state index is 0.0654. The number of rotatable bonds is 4. The molecule has 1 saturated heterocycles. The highest BCUT2D eigenvalue weighted by atomic mass is 35.5. The van der Waals surface area contributed by atoms with Crippen LogP contribution >= 0.6 is 11.6 Å². The molecule has 2 aromatic rings. The zero-order chi connectivity index (χ0) is 18.1. The van der Waals surface area contributed by atoms with Crippen molar-refractivity contribution < 1.29 is 23.1 Å². The number of halogens is 3. The lowest BCUT2D eigenvalue weighted by Gasteiger charge is -2.27. The van der Waals surface area contributed by atoms with Crippen molar-refractivity contribution in [3.05, 3.63) is 70.2 Å². The molecule has 2 amide bonds. The smallest absolute Gasteiger partial charge is 0.411 e. The van der Waals surface area contributed by atoms with Crippen LogP contribution in [-0.2, 0) is 9.53 Å². The van der Waals surface area contributed by atoms with Crippen molar-refractivity contribution in [1.82, 2.24) is 4.90 Å². The molecule has 1 fully saturated rings. The van der Waals surface area contributed by atoms with Gasteiger partial charge in [0, 0.05) is 10.6 Å². The van der Waals surface area contributed by atoms with Gasteiger partial charge in [-0.3, -0.25) is 9.69 Å². The summed E-state index contributed by atoms with van der Waals surface area (Å²) in [5, 5.41) is 0.446. The predicted molar refractivity (Wildman–Crippen MR) is 85.8 cm³/mol. The summed E-state index contributed by atoms with van der Waals surface area (Å²) in [4.78, 5) is 24.7. The fraction of sp³-hybridized carbons (Fsp3) is 0.176. The second kappa shape index (κ2) is 6.68. The lowest BCUT2D eigenvalue weighted by Crippen LogP contribution is -2.35. The lowest BCUT2D eigenvalue weighted by atomic mass is 9.96. The molecule has 1 heterocycles. The van der Waals surface area contributed by atoms with E-state index < -0.39 is 35.8 Å². The standard InChI is InChI=1S/C17H13ClF2N2O3/c18-10-6-4-9(5-7-10)15(11-2-1-3-12(19)14(11)20)22-8-13(16(21)23)25-17(22)24/h1-7,13,15H,8H2,(H2,21,23)/t13?,15-/m0/s1. The molecule has 0 bridgehead atoms.